The highest BCUT2D eigenvalue weighted by Gasteiger charge is 2.20. The number of aromatic carboxylic acids is 1. The summed E-state index contributed by atoms with van der Waals surface area (Å²) in [6.45, 7) is 4.41. The van der Waals surface area contributed by atoms with E-state index < -0.39 is 30.1 Å². The number of carboxylic acids is 1. The number of aliphatic hydroxyl groups excluding tert-OH is 1. The highest BCUT2D eigenvalue weighted by Crippen LogP contribution is 2.11. The zero-order chi connectivity index (χ0) is 17.4. The Hall–Kier alpha value is -2.67. The van der Waals surface area contributed by atoms with Gasteiger partial charge in [0.25, 0.3) is 0 Å². The molecule has 7 nitrogen and oxygen atoms in total. The van der Waals surface area contributed by atoms with E-state index in [-0.39, 0.29) is 24.2 Å². The Labute approximate surface area is 133 Å². The van der Waals surface area contributed by atoms with Gasteiger partial charge in [0.2, 0.25) is 0 Å². The number of carbonyl (C=O) groups is 3. The van der Waals surface area contributed by atoms with E-state index >= 15 is 0 Å². The smallest absolute Gasteiger partial charge is 0.338 e. The van der Waals surface area contributed by atoms with Gasteiger partial charge in [-0.25, -0.2) is 9.59 Å². The summed E-state index contributed by atoms with van der Waals surface area (Å²) in [6.07, 6.45) is -0.663. The van der Waals surface area contributed by atoms with Crippen LogP contribution in [0.1, 0.15) is 34.1 Å². The van der Waals surface area contributed by atoms with E-state index in [9.17, 15) is 24.6 Å². The molecular formula is C16H17O7-. The van der Waals surface area contributed by atoms with Crippen LogP contribution in [-0.2, 0) is 14.3 Å². The number of rotatable bonds is 8. The standard InChI is InChI=1S/C16H18O7/c1-3-14(18)23-11(8-10(2)17)9-22-16(21)13-7-5-4-6-12(13)15(19)20/h3-7,10-11,17H,1,8-9H2,2H3,(H,19,20)/p-1. The first-order chi connectivity index (χ1) is 10.8. The number of hydrogen-bond acceptors (Lipinski definition) is 7. The van der Waals surface area contributed by atoms with E-state index in [1.807, 2.05) is 0 Å². The zero-order valence-corrected chi connectivity index (χ0v) is 12.6. The third kappa shape index (κ3) is 5.91. The van der Waals surface area contributed by atoms with Gasteiger partial charge in [-0.3, -0.25) is 0 Å². The van der Waals surface area contributed by atoms with Crippen molar-refractivity contribution >= 4 is 17.9 Å². The normalized spacial score (nSPS) is 12.8. The number of benzene rings is 1. The van der Waals surface area contributed by atoms with Gasteiger partial charge < -0.3 is 24.5 Å². The lowest BCUT2D eigenvalue weighted by molar-refractivity contribution is -0.255. The topological polar surface area (TPSA) is 113 Å². The summed E-state index contributed by atoms with van der Waals surface area (Å²) in [5, 5.41) is 20.3. The van der Waals surface area contributed by atoms with Crippen LogP contribution in [0, 0.1) is 0 Å². The first-order valence-electron chi connectivity index (χ1n) is 6.83. The lowest BCUT2D eigenvalue weighted by Crippen LogP contribution is -2.29. The van der Waals surface area contributed by atoms with Crippen LogP contribution >= 0.6 is 0 Å². The van der Waals surface area contributed by atoms with Crippen molar-refractivity contribution < 1.29 is 34.1 Å². The van der Waals surface area contributed by atoms with E-state index in [1.165, 1.54) is 31.2 Å². The van der Waals surface area contributed by atoms with Crippen LogP contribution in [-0.4, -0.2) is 41.8 Å². The van der Waals surface area contributed by atoms with Crippen LogP contribution in [0.25, 0.3) is 0 Å². The molecule has 0 spiro atoms. The minimum atomic E-state index is -1.50. The molecule has 0 amide bonds. The van der Waals surface area contributed by atoms with E-state index in [1.54, 1.807) is 0 Å². The van der Waals surface area contributed by atoms with Crippen molar-refractivity contribution in [2.45, 2.75) is 25.6 Å². The number of hydrogen-bond donors (Lipinski definition) is 1. The van der Waals surface area contributed by atoms with Gasteiger partial charge in [-0.15, -0.1) is 0 Å². The summed E-state index contributed by atoms with van der Waals surface area (Å²) in [4.78, 5) is 34.2. The molecule has 0 saturated heterocycles. The Balaban J connectivity index is 2.77. The minimum Gasteiger partial charge on any atom is -0.545 e. The van der Waals surface area contributed by atoms with Crippen molar-refractivity contribution in [1.82, 2.24) is 0 Å². The van der Waals surface area contributed by atoms with E-state index in [0.717, 1.165) is 6.08 Å². The molecule has 0 saturated carbocycles. The summed E-state index contributed by atoms with van der Waals surface area (Å²) in [7, 11) is 0. The lowest BCUT2D eigenvalue weighted by Gasteiger charge is -2.19. The molecule has 23 heavy (non-hydrogen) atoms. The van der Waals surface area contributed by atoms with E-state index in [2.05, 4.69) is 6.58 Å². The maximum absolute atomic E-state index is 12.0. The average molecular weight is 321 g/mol. The largest absolute Gasteiger partial charge is 0.545 e. The number of carboxylic acid groups (broad SMARTS) is 1. The third-order valence-electron chi connectivity index (χ3n) is 2.82. The van der Waals surface area contributed by atoms with Crippen molar-refractivity contribution in [3.05, 3.63) is 48.0 Å². The van der Waals surface area contributed by atoms with Gasteiger partial charge in [-0.1, -0.05) is 24.8 Å². The predicted octanol–water partition coefficient (Wildman–Crippen LogP) is 0.0756. The number of esters is 2. The fourth-order valence-electron chi connectivity index (χ4n) is 1.83. The third-order valence-corrected chi connectivity index (χ3v) is 2.82. The number of aliphatic hydroxyl groups is 1. The molecule has 1 aromatic carbocycles. The molecular weight excluding hydrogens is 304 g/mol. The van der Waals surface area contributed by atoms with Gasteiger partial charge in [0.05, 0.1) is 17.6 Å². The first-order valence-corrected chi connectivity index (χ1v) is 6.83. The minimum absolute atomic E-state index is 0.0506. The fraction of sp³-hybridized carbons (Fsp3) is 0.312. The summed E-state index contributed by atoms with van der Waals surface area (Å²) >= 11 is 0. The molecule has 0 fully saturated rings. The van der Waals surface area contributed by atoms with Gasteiger partial charge in [-0.05, 0) is 13.0 Å². The first kappa shape index (κ1) is 18.4. The van der Waals surface area contributed by atoms with Gasteiger partial charge in [-0.2, -0.15) is 0 Å². The Morgan fingerprint density at radius 2 is 1.91 bits per heavy atom. The number of carbonyl (C=O) groups excluding carboxylic acids is 3. The van der Waals surface area contributed by atoms with Crippen LogP contribution in [0.4, 0.5) is 0 Å². The molecule has 1 N–H and O–H groups in total. The monoisotopic (exact) mass is 321 g/mol. The van der Waals surface area contributed by atoms with Gasteiger partial charge >= 0.3 is 11.9 Å². The van der Waals surface area contributed by atoms with Crippen LogP contribution < -0.4 is 5.11 Å². The fourth-order valence-corrected chi connectivity index (χ4v) is 1.83. The molecule has 1 rings (SSSR count). The summed E-state index contributed by atoms with van der Waals surface area (Å²) in [5.41, 5.74) is -0.467. The molecule has 0 aliphatic rings. The maximum atomic E-state index is 12.0. The van der Waals surface area contributed by atoms with E-state index in [4.69, 9.17) is 9.47 Å². The molecule has 0 radical (unpaired) electrons. The molecule has 0 aliphatic heterocycles. The highest BCUT2D eigenvalue weighted by molar-refractivity contribution is 6.01. The van der Waals surface area contributed by atoms with Gasteiger partial charge in [0, 0.05) is 18.1 Å². The SMILES string of the molecule is C=CC(=O)OC(COC(=O)c1ccccc1C(=O)[O-])CC(C)O. The molecule has 124 valence electrons. The van der Waals surface area contributed by atoms with E-state index in [0.29, 0.717) is 0 Å². The molecule has 2 unspecified atom stereocenters. The predicted molar refractivity (Wildman–Crippen MR) is 77.4 cm³/mol. The van der Waals surface area contributed by atoms with Gasteiger partial charge in [0.1, 0.15) is 12.7 Å². The van der Waals surface area contributed by atoms with Crippen LogP contribution in [0.15, 0.2) is 36.9 Å². The van der Waals surface area contributed by atoms with Crippen molar-refractivity contribution in [2.75, 3.05) is 6.61 Å². The molecule has 7 heteroatoms. The Morgan fingerprint density at radius 3 is 2.43 bits per heavy atom. The molecule has 0 bridgehead atoms. The van der Waals surface area contributed by atoms with Gasteiger partial charge in [0.15, 0.2) is 0 Å². The lowest BCUT2D eigenvalue weighted by atomic mass is 10.1. The molecule has 0 aromatic heterocycles. The number of ether oxygens (including phenoxy) is 2. The quantitative estimate of drug-likeness (QED) is 0.532. The van der Waals surface area contributed by atoms with Crippen molar-refractivity contribution in [3.63, 3.8) is 0 Å². The van der Waals surface area contributed by atoms with Crippen molar-refractivity contribution in [1.29, 1.82) is 0 Å². The van der Waals surface area contributed by atoms with Crippen LogP contribution in [0.3, 0.4) is 0 Å². The Morgan fingerprint density at radius 1 is 1.30 bits per heavy atom. The van der Waals surface area contributed by atoms with Crippen LogP contribution in [0.5, 0.6) is 0 Å². The van der Waals surface area contributed by atoms with Crippen molar-refractivity contribution in [3.8, 4) is 0 Å². The highest BCUT2D eigenvalue weighted by atomic mass is 16.6. The Bertz CT molecular complexity index is 592. The summed E-state index contributed by atoms with van der Waals surface area (Å²) in [6, 6.07) is 5.43. The zero-order valence-electron chi connectivity index (χ0n) is 12.6. The second kappa shape index (κ2) is 8.70. The summed E-state index contributed by atoms with van der Waals surface area (Å²) in [5.74, 6) is -3.12. The molecule has 1 aromatic rings. The van der Waals surface area contributed by atoms with Crippen LogP contribution in [0.2, 0.25) is 0 Å². The second-order valence-corrected chi connectivity index (χ2v) is 4.78. The van der Waals surface area contributed by atoms with Crippen molar-refractivity contribution in [2.24, 2.45) is 0 Å². The molecule has 0 heterocycles. The average Bonchev–Trinajstić information content (AvgIpc) is 2.51. The molecule has 0 aliphatic carbocycles. The maximum Gasteiger partial charge on any atom is 0.338 e. The Kier molecular flexibility index (Phi) is 6.95. The second-order valence-electron chi connectivity index (χ2n) is 4.78. The molecule has 2 atom stereocenters. The summed E-state index contributed by atoms with van der Waals surface area (Å²) < 4.78 is 9.93.